The zero-order chi connectivity index (χ0) is 24.9. The lowest BCUT2D eigenvalue weighted by molar-refractivity contribution is -0.138. The summed E-state index contributed by atoms with van der Waals surface area (Å²) >= 11 is 6.46. The first kappa shape index (κ1) is 26.1. The van der Waals surface area contributed by atoms with E-state index in [0.717, 1.165) is 44.2 Å². The van der Waals surface area contributed by atoms with Gasteiger partial charge in [0, 0.05) is 41.3 Å². The van der Waals surface area contributed by atoms with E-state index in [9.17, 15) is 18.4 Å². The number of rotatable bonds is 8. The minimum absolute atomic E-state index is 0.00754. The van der Waals surface area contributed by atoms with Crippen LogP contribution in [0, 0.1) is 23.0 Å². The van der Waals surface area contributed by atoms with Crippen LogP contribution in [-0.4, -0.2) is 29.8 Å². The van der Waals surface area contributed by atoms with Crippen molar-refractivity contribution in [2.24, 2.45) is 17.1 Å². The van der Waals surface area contributed by atoms with Crippen LogP contribution in [0.3, 0.4) is 0 Å². The third kappa shape index (κ3) is 7.00. The number of halogens is 3. The molecule has 0 spiro atoms. The molecule has 1 aliphatic rings. The van der Waals surface area contributed by atoms with E-state index in [-0.39, 0.29) is 29.3 Å². The molecule has 5 nitrogen and oxygen atoms in total. The zero-order valence-electron chi connectivity index (χ0n) is 19.7. The van der Waals surface area contributed by atoms with E-state index in [4.69, 9.17) is 17.3 Å². The van der Waals surface area contributed by atoms with Crippen LogP contribution in [0.2, 0.25) is 5.02 Å². The molecular weight excluding hydrogens is 460 g/mol. The van der Waals surface area contributed by atoms with Crippen molar-refractivity contribution in [3.63, 3.8) is 0 Å². The second-order valence-electron chi connectivity index (χ2n) is 9.82. The van der Waals surface area contributed by atoms with Gasteiger partial charge >= 0.3 is 0 Å². The van der Waals surface area contributed by atoms with Crippen molar-refractivity contribution < 1.29 is 18.4 Å². The number of carbonyl (C=O) groups is 2. The summed E-state index contributed by atoms with van der Waals surface area (Å²) in [6.45, 7) is 5.22. The molecule has 0 saturated heterocycles. The Hall–Kier alpha value is -2.51. The quantitative estimate of drug-likeness (QED) is 0.492. The van der Waals surface area contributed by atoms with E-state index < -0.39 is 17.5 Å². The van der Waals surface area contributed by atoms with Crippen LogP contribution in [0.5, 0.6) is 0 Å². The van der Waals surface area contributed by atoms with Crippen LogP contribution in [0.4, 0.5) is 14.5 Å². The highest BCUT2D eigenvalue weighted by Crippen LogP contribution is 2.30. The van der Waals surface area contributed by atoms with Gasteiger partial charge in [-0.3, -0.25) is 9.59 Å². The van der Waals surface area contributed by atoms with Crippen LogP contribution in [0.25, 0.3) is 0 Å². The summed E-state index contributed by atoms with van der Waals surface area (Å²) in [5.74, 6) is -2.22. The van der Waals surface area contributed by atoms with Crippen molar-refractivity contribution in [2.45, 2.75) is 52.5 Å². The molecule has 0 bridgehead atoms. The zero-order valence-corrected chi connectivity index (χ0v) is 20.4. The molecule has 1 aliphatic carbocycles. The molecule has 2 aromatic carbocycles. The summed E-state index contributed by atoms with van der Waals surface area (Å²) < 4.78 is 27.0. The normalized spacial score (nSPS) is 14.6. The summed E-state index contributed by atoms with van der Waals surface area (Å²) in [6.07, 6.45) is 5.01. The third-order valence-corrected chi connectivity index (χ3v) is 6.60. The van der Waals surface area contributed by atoms with Crippen molar-refractivity contribution >= 4 is 29.1 Å². The average molecular weight is 492 g/mol. The Labute approximate surface area is 204 Å². The predicted molar refractivity (Wildman–Crippen MR) is 131 cm³/mol. The first-order chi connectivity index (χ1) is 16.1. The molecule has 2 amide bonds. The van der Waals surface area contributed by atoms with Gasteiger partial charge in [0.15, 0.2) is 0 Å². The van der Waals surface area contributed by atoms with Gasteiger partial charge in [0.05, 0.1) is 0 Å². The maximum Gasteiger partial charge on any atom is 0.255 e. The molecule has 8 heteroatoms. The maximum absolute atomic E-state index is 13.5. The highest BCUT2D eigenvalue weighted by atomic mass is 35.5. The summed E-state index contributed by atoms with van der Waals surface area (Å²) in [5.41, 5.74) is 6.62. The minimum atomic E-state index is -0.832. The predicted octanol–water partition coefficient (Wildman–Crippen LogP) is 5.76. The van der Waals surface area contributed by atoms with Crippen molar-refractivity contribution in [3.05, 3.63) is 64.2 Å². The van der Waals surface area contributed by atoms with E-state index in [1.165, 1.54) is 0 Å². The van der Waals surface area contributed by atoms with E-state index in [0.29, 0.717) is 35.4 Å². The van der Waals surface area contributed by atoms with Gasteiger partial charge in [-0.05, 0) is 60.7 Å². The molecule has 0 unspecified atom stereocenters. The molecule has 3 N–H and O–H groups in total. The monoisotopic (exact) mass is 491 g/mol. The maximum atomic E-state index is 13.5. The molecule has 1 fully saturated rings. The average Bonchev–Trinajstić information content (AvgIpc) is 2.80. The summed E-state index contributed by atoms with van der Waals surface area (Å²) in [7, 11) is 0. The van der Waals surface area contributed by atoms with Gasteiger partial charge in [-0.15, -0.1) is 0 Å². The Morgan fingerprint density at radius 3 is 2.35 bits per heavy atom. The molecule has 184 valence electrons. The topological polar surface area (TPSA) is 75.4 Å². The van der Waals surface area contributed by atoms with Gasteiger partial charge in [0.1, 0.15) is 11.6 Å². The fourth-order valence-corrected chi connectivity index (χ4v) is 4.45. The van der Waals surface area contributed by atoms with Crippen molar-refractivity contribution in [1.29, 1.82) is 0 Å². The summed E-state index contributed by atoms with van der Waals surface area (Å²) in [5, 5.41) is 3.11. The minimum Gasteiger partial charge on any atom is -0.337 e. The summed E-state index contributed by atoms with van der Waals surface area (Å²) in [6, 6.07) is 7.57. The SMILES string of the molecule is CC(C)(CN)CN(Cc1cc(NC(=O)c2cc(F)cc(F)c2)ccc1Cl)C(=O)C1CCCCC1. The van der Waals surface area contributed by atoms with Crippen LogP contribution in [0.1, 0.15) is 61.9 Å². The van der Waals surface area contributed by atoms with Crippen LogP contribution < -0.4 is 11.1 Å². The second kappa shape index (κ2) is 11.3. The molecule has 1 saturated carbocycles. The van der Waals surface area contributed by atoms with Crippen LogP contribution in [-0.2, 0) is 11.3 Å². The number of benzene rings is 2. The molecule has 0 aromatic heterocycles. The number of nitrogens with zero attached hydrogens (tertiary/aromatic N) is 1. The number of anilines is 1. The van der Waals surface area contributed by atoms with Gasteiger partial charge in [0.2, 0.25) is 5.91 Å². The number of nitrogens with one attached hydrogen (secondary N) is 1. The van der Waals surface area contributed by atoms with Crippen molar-refractivity contribution in [1.82, 2.24) is 4.90 Å². The Balaban J connectivity index is 1.82. The van der Waals surface area contributed by atoms with Crippen LogP contribution in [0.15, 0.2) is 36.4 Å². The largest absolute Gasteiger partial charge is 0.337 e. The number of hydrogen-bond donors (Lipinski definition) is 2. The lowest BCUT2D eigenvalue weighted by Crippen LogP contribution is -2.44. The lowest BCUT2D eigenvalue weighted by Gasteiger charge is -2.35. The molecule has 0 atom stereocenters. The number of hydrogen-bond acceptors (Lipinski definition) is 3. The Kier molecular flexibility index (Phi) is 8.66. The van der Waals surface area contributed by atoms with Gasteiger partial charge in [-0.25, -0.2) is 8.78 Å². The number of amides is 2. The number of nitrogens with two attached hydrogens (primary N) is 1. The third-order valence-electron chi connectivity index (χ3n) is 6.23. The van der Waals surface area contributed by atoms with E-state index in [1.807, 2.05) is 18.7 Å². The molecule has 34 heavy (non-hydrogen) atoms. The molecule has 0 radical (unpaired) electrons. The van der Waals surface area contributed by atoms with Gasteiger partial charge in [0.25, 0.3) is 5.91 Å². The highest BCUT2D eigenvalue weighted by Gasteiger charge is 2.30. The lowest BCUT2D eigenvalue weighted by atomic mass is 9.86. The van der Waals surface area contributed by atoms with E-state index >= 15 is 0 Å². The Morgan fingerprint density at radius 2 is 1.74 bits per heavy atom. The Morgan fingerprint density at radius 1 is 1.09 bits per heavy atom. The first-order valence-electron chi connectivity index (χ1n) is 11.6. The van der Waals surface area contributed by atoms with Crippen LogP contribution >= 0.6 is 11.6 Å². The van der Waals surface area contributed by atoms with E-state index in [1.54, 1.807) is 18.2 Å². The van der Waals surface area contributed by atoms with Crippen molar-refractivity contribution in [3.8, 4) is 0 Å². The van der Waals surface area contributed by atoms with Gasteiger partial charge in [-0.1, -0.05) is 44.7 Å². The molecule has 0 aliphatic heterocycles. The number of carbonyl (C=O) groups excluding carboxylic acids is 2. The Bertz CT molecular complexity index is 1020. The molecule has 2 aromatic rings. The second-order valence-corrected chi connectivity index (χ2v) is 10.2. The fourth-order valence-electron chi connectivity index (χ4n) is 4.27. The first-order valence-corrected chi connectivity index (χ1v) is 12.0. The van der Waals surface area contributed by atoms with Crippen molar-refractivity contribution in [2.75, 3.05) is 18.4 Å². The molecular formula is C26H32ClF2N3O2. The fraction of sp³-hybridized carbons (Fsp3) is 0.462. The molecule has 0 heterocycles. The standard InChI is InChI=1S/C26H32ClF2N3O2/c1-26(2,15-30)16-32(25(34)17-6-4-3-5-7-17)14-19-12-22(8-9-23(19)27)31-24(33)18-10-20(28)13-21(29)11-18/h8-13,17H,3-7,14-16,30H2,1-2H3,(H,31,33). The smallest absolute Gasteiger partial charge is 0.255 e. The van der Waals surface area contributed by atoms with Gasteiger partial charge in [-0.2, -0.15) is 0 Å². The van der Waals surface area contributed by atoms with E-state index in [2.05, 4.69) is 5.32 Å². The van der Waals surface area contributed by atoms with Gasteiger partial charge < -0.3 is 16.0 Å². The summed E-state index contributed by atoms with van der Waals surface area (Å²) in [4.78, 5) is 27.8. The molecule has 3 rings (SSSR count). The highest BCUT2D eigenvalue weighted by molar-refractivity contribution is 6.31.